The van der Waals surface area contributed by atoms with Gasteiger partial charge in [-0.3, -0.25) is 9.59 Å². The van der Waals surface area contributed by atoms with Gasteiger partial charge in [0.2, 0.25) is 5.91 Å². The zero-order chi connectivity index (χ0) is 18.1. The second-order valence-corrected chi connectivity index (χ2v) is 8.96. The predicted molar refractivity (Wildman–Crippen MR) is 100 cm³/mol. The minimum atomic E-state index is -0.347. The van der Waals surface area contributed by atoms with Crippen LogP contribution in [0.4, 0.5) is 0 Å². The normalized spacial score (nSPS) is 26.6. The Hall–Kier alpha value is -1.50. The average molecular weight is 377 g/mol. The summed E-state index contributed by atoms with van der Waals surface area (Å²) in [4.78, 5) is 30.8. The van der Waals surface area contributed by atoms with Crippen LogP contribution in [0, 0.1) is 11.3 Å². The summed E-state index contributed by atoms with van der Waals surface area (Å²) in [5.74, 6) is 1.01. The van der Waals surface area contributed by atoms with Gasteiger partial charge >= 0.3 is 0 Å². The molecule has 1 unspecified atom stereocenters. The van der Waals surface area contributed by atoms with Gasteiger partial charge in [0.25, 0.3) is 5.91 Å². The van der Waals surface area contributed by atoms with Gasteiger partial charge in [0.15, 0.2) is 0 Å². The summed E-state index contributed by atoms with van der Waals surface area (Å²) >= 11 is 1.19. The molecule has 0 radical (unpaired) electrons. The van der Waals surface area contributed by atoms with Gasteiger partial charge in [-0.25, -0.2) is 0 Å². The summed E-state index contributed by atoms with van der Waals surface area (Å²) in [6, 6.07) is 0. The molecule has 1 aliphatic carbocycles. The monoisotopic (exact) mass is 376 g/mol. The van der Waals surface area contributed by atoms with E-state index in [2.05, 4.69) is 21.4 Å². The molecule has 2 saturated heterocycles. The first-order valence-corrected chi connectivity index (χ1v) is 10.8. The Morgan fingerprint density at radius 2 is 2.12 bits per heavy atom. The third kappa shape index (κ3) is 3.15. The van der Waals surface area contributed by atoms with Gasteiger partial charge in [-0.1, -0.05) is 24.3 Å². The van der Waals surface area contributed by atoms with Crippen LogP contribution >= 0.6 is 11.5 Å². The highest BCUT2D eigenvalue weighted by atomic mass is 32.1. The molecule has 4 rings (SSSR count). The number of nitrogens with zero attached hydrogens (tertiary/aromatic N) is 4. The molecule has 1 aromatic heterocycles. The Labute approximate surface area is 159 Å². The number of likely N-dealkylation sites (tertiary alicyclic amines) is 2. The molecular formula is C19H28N4O2S. The van der Waals surface area contributed by atoms with Gasteiger partial charge in [0, 0.05) is 26.2 Å². The van der Waals surface area contributed by atoms with Gasteiger partial charge in [0.1, 0.15) is 4.88 Å². The molecule has 26 heavy (non-hydrogen) atoms. The van der Waals surface area contributed by atoms with E-state index >= 15 is 0 Å². The maximum Gasteiger partial charge on any atom is 0.267 e. The number of carbonyl (C=O) groups is 2. The van der Waals surface area contributed by atoms with Crippen molar-refractivity contribution in [2.75, 3.05) is 26.2 Å². The lowest BCUT2D eigenvalue weighted by Crippen LogP contribution is -2.52. The Balaban J connectivity index is 1.45. The molecule has 1 spiro atoms. The van der Waals surface area contributed by atoms with Crippen LogP contribution < -0.4 is 0 Å². The number of hydrogen-bond donors (Lipinski definition) is 0. The van der Waals surface area contributed by atoms with Crippen molar-refractivity contribution in [1.82, 2.24) is 19.4 Å². The first-order chi connectivity index (χ1) is 12.6. The summed E-state index contributed by atoms with van der Waals surface area (Å²) in [6.07, 6.45) is 8.34. The lowest BCUT2D eigenvalue weighted by atomic mass is 9.77. The van der Waals surface area contributed by atoms with Gasteiger partial charge in [-0.15, -0.1) is 5.10 Å². The van der Waals surface area contributed by atoms with Gasteiger partial charge in [0.05, 0.1) is 11.1 Å². The quantitative estimate of drug-likeness (QED) is 0.792. The third-order valence-corrected chi connectivity index (χ3v) is 7.16. The molecule has 1 atom stereocenters. The van der Waals surface area contributed by atoms with Gasteiger partial charge < -0.3 is 9.80 Å². The minimum Gasteiger partial charge on any atom is -0.342 e. The Morgan fingerprint density at radius 3 is 2.85 bits per heavy atom. The number of aryl methyl sites for hydroxylation is 1. The second kappa shape index (κ2) is 7.25. The van der Waals surface area contributed by atoms with Crippen molar-refractivity contribution in [2.24, 2.45) is 11.3 Å². The van der Waals surface area contributed by atoms with E-state index in [9.17, 15) is 9.59 Å². The first-order valence-electron chi connectivity index (χ1n) is 10.0. The Kier molecular flexibility index (Phi) is 4.99. The molecule has 0 N–H and O–H groups in total. The van der Waals surface area contributed by atoms with Crippen LogP contribution in [0.25, 0.3) is 0 Å². The van der Waals surface area contributed by atoms with Crippen LogP contribution in [0.15, 0.2) is 0 Å². The zero-order valence-corrected chi connectivity index (χ0v) is 16.4. The van der Waals surface area contributed by atoms with E-state index in [-0.39, 0.29) is 11.3 Å². The van der Waals surface area contributed by atoms with Crippen LogP contribution in [0.5, 0.6) is 0 Å². The highest BCUT2D eigenvalue weighted by Crippen LogP contribution is 2.41. The fraction of sp³-hybridized carbons (Fsp3) is 0.789. The van der Waals surface area contributed by atoms with E-state index in [1.54, 1.807) is 0 Å². The number of carbonyl (C=O) groups excluding carboxylic acids is 2. The van der Waals surface area contributed by atoms with Crippen molar-refractivity contribution >= 4 is 23.3 Å². The van der Waals surface area contributed by atoms with E-state index in [0.29, 0.717) is 29.8 Å². The lowest BCUT2D eigenvalue weighted by molar-refractivity contribution is -0.146. The zero-order valence-electron chi connectivity index (χ0n) is 15.6. The summed E-state index contributed by atoms with van der Waals surface area (Å²) in [7, 11) is 0. The Bertz CT molecular complexity index is 687. The molecule has 2 aliphatic heterocycles. The number of amides is 2. The number of aromatic nitrogens is 2. The fourth-order valence-corrected chi connectivity index (χ4v) is 5.33. The molecule has 2 amide bonds. The topological polar surface area (TPSA) is 66.4 Å². The smallest absolute Gasteiger partial charge is 0.267 e. The molecule has 0 aromatic carbocycles. The van der Waals surface area contributed by atoms with Crippen molar-refractivity contribution in [3.63, 3.8) is 0 Å². The molecule has 1 aromatic rings. The summed E-state index contributed by atoms with van der Waals surface area (Å²) < 4.78 is 3.98. The average Bonchev–Trinajstić information content (AvgIpc) is 3.23. The highest BCUT2D eigenvalue weighted by Gasteiger charge is 2.50. The van der Waals surface area contributed by atoms with Crippen molar-refractivity contribution in [3.8, 4) is 0 Å². The number of hydrogen-bond acceptors (Lipinski definition) is 5. The number of piperidine rings is 1. The van der Waals surface area contributed by atoms with Crippen molar-refractivity contribution in [3.05, 3.63) is 10.6 Å². The predicted octanol–water partition coefficient (Wildman–Crippen LogP) is 2.75. The summed E-state index contributed by atoms with van der Waals surface area (Å²) in [5, 5.41) is 4.12. The van der Waals surface area contributed by atoms with E-state index in [0.717, 1.165) is 50.9 Å². The number of rotatable bonds is 5. The second-order valence-electron chi connectivity index (χ2n) is 8.21. The van der Waals surface area contributed by atoms with Crippen LogP contribution in [0.1, 0.15) is 67.2 Å². The summed E-state index contributed by atoms with van der Waals surface area (Å²) in [5.41, 5.74) is 0.464. The SMILES string of the molecule is CCCc1nnsc1C(=O)N1CCC2(CCCN(CC3CCC3)C2=O)C1. The van der Waals surface area contributed by atoms with E-state index in [4.69, 9.17) is 0 Å². The maximum atomic E-state index is 13.2. The minimum absolute atomic E-state index is 0.0178. The van der Waals surface area contributed by atoms with Crippen molar-refractivity contribution in [1.29, 1.82) is 0 Å². The molecule has 3 heterocycles. The van der Waals surface area contributed by atoms with Crippen LogP contribution in [0.2, 0.25) is 0 Å². The molecule has 142 valence electrons. The lowest BCUT2D eigenvalue weighted by Gasteiger charge is -2.42. The first kappa shape index (κ1) is 17.9. The summed E-state index contributed by atoms with van der Waals surface area (Å²) in [6.45, 7) is 5.13. The van der Waals surface area contributed by atoms with E-state index < -0.39 is 0 Å². The highest BCUT2D eigenvalue weighted by molar-refractivity contribution is 7.08. The van der Waals surface area contributed by atoms with E-state index in [1.807, 2.05) is 4.90 Å². The van der Waals surface area contributed by atoms with Crippen LogP contribution in [-0.4, -0.2) is 57.4 Å². The van der Waals surface area contributed by atoms with Crippen molar-refractivity contribution < 1.29 is 9.59 Å². The van der Waals surface area contributed by atoms with E-state index in [1.165, 1.54) is 30.8 Å². The van der Waals surface area contributed by atoms with Gasteiger partial charge in [-0.05, 0) is 56.0 Å². The fourth-order valence-electron chi connectivity index (χ4n) is 4.65. The molecule has 3 aliphatic rings. The molecule has 3 fully saturated rings. The maximum absolute atomic E-state index is 13.2. The molecular weight excluding hydrogens is 348 g/mol. The Morgan fingerprint density at radius 1 is 1.27 bits per heavy atom. The van der Waals surface area contributed by atoms with Crippen LogP contribution in [0.3, 0.4) is 0 Å². The van der Waals surface area contributed by atoms with Crippen LogP contribution in [-0.2, 0) is 11.2 Å². The molecule has 0 bridgehead atoms. The molecule has 1 saturated carbocycles. The molecule has 6 nitrogen and oxygen atoms in total. The molecule has 7 heteroatoms. The van der Waals surface area contributed by atoms with Gasteiger partial charge in [-0.2, -0.15) is 0 Å². The largest absolute Gasteiger partial charge is 0.342 e. The third-order valence-electron chi connectivity index (χ3n) is 6.41. The standard InChI is InChI=1S/C19H28N4O2S/c1-2-5-15-16(26-21-20-15)17(24)23-11-9-19(13-23)8-4-10-22(18(19)25)12-14-6-3-7-14/h14H,2-13H2,1H3. The van der Waals surface area contributed by atoms with Crippen molar-refractivity contribution in [2.45, 2.75) is 58.3 Å².